The normalized spacial score (nSPS) is 10.6. The van der Waals surface area contributed by atoms with Gasteiger partial charge in [-0.2, -0.15) is 5.10 Å². The minimum Gasteiger partial charge on any atom is -0.319 e. The van der Waals surface area contributed by atoms with E-state index in [1.54, 1.807) is 26.8 Å². The third kappa shape index (κ3) is 2.72. The molecular weight excluding hydrogens is 287 g/mol. The number of nitrogens with one attached hydrogen (secondary N) is 2. The summed E-state index contributed by atoms with van der Waals surface area (Å²) < 4.78 is 0. The molecule has 2 heterocycles. The number of pyridine rings is 1. The maximum atomic E-state index is 12.2. The first-order valence-electron chi connectivity index (χ1n) is 5.55. The van der Waals surface area contributed by atoms with Gasteiger partial charge in [0, 0.05) is 5.69 Å². The van der Waals surface area contributed by atoms with Crippen LogP contribution in [-0.4, -0.2) is 21.1 Å². The highest BCUT2D eigenvalue weighted by Gasteiger charge is 2.18. The molecule has 0 fully saturated rings. The number of nitrogens with zero attached hydrogens (tertiary/aromatic N) is 2. The highest BCUT2D eigenvalue weighted by Crippen LogP contribution is 2.27. The fourth-order valence-corrected chi connectivity index (χ4v) is 2.39. The Kier molecular flexibility index (Phi) is 3.78. The molecular formula is C12H12Cl2N4O. The molecule has 19 heavy (non-hydrogen) atoms. The van der Waals surface area contributed by atoms with E-state index in [2.05, 4.69) is 20.5 Å². The van der Waals surface area contributed by atoms with Gasteiger partial charge >= 0.3 is 0 Å². The van der Waals surface area contributed by atoms with Gasteiger partial charge in [-0.25, -0.2) is 4.98 Å². The summed E-state index contributed by atoms with van der Waals surface area (Å²) in [6, 6.07) is 1.64. The molecule has 5 nitrogen and oxygen atoms in total. The topological polar surface area (TPSA) is 70.7 Å². The number of H-pyrrole nitrogens is 1. The van der Waals surface area contributed by atoms with Crippen molar-refractivity contribution < 1.29 is 4.79 Å². The molecule has 0 aliphatic heterocycles. The molecule has 0 spiro atoms. The van der Waals surface area contributed by atoms with Gasteiger partial charge in [0.1, 0.15) is 5.15 Å². The number of amides is 1. The smallest absolute Gasteiger partial charge is 0.259 e. The molecule has 0 saturated heterocycles. The first kappa shape index (κ1) is 13.8. The van der Waals surface area contributed by atoms with E-state index in [4.69, 9.17) is 23.2 Å². The SMILES string of the molecule is Cc1cc(Cl)nc(Cl)c1NC(=O)c1c(C)n[nH]c1C. The first-order valence-corrected chi connectivity index (χ1v) is 6.31. The molecule has 0 unspecified atom stereocenters. The number of aromatic amines is 1. The van der Waals surface area contributed by atoms with E-state index in [1.165, 1.54) is 0 Å². The predicted molar refractivity (Wildman–Crippen MR) is 75.0 cm³/mol. The largest absolute Gasteiger partial charge is 0.319 e. The van der Waals surface area contributed by atoms with Gasteiger partial charge in [-0.3, -0.25) is 9.89 Å². The standard InChI is InChI=1S/C12H12Cl2N4O/c1-5-4-8(13)15-11(14)10(5)16-12(19)9-6(2)17-18-7(9)3/h4H,1-3H3,(H,16,19)(H,17,18). The summed E-state index contributed by atoms with van der Waals surface area (Å²) in [5, 5.41) is 9.93. The quantitative estimate of drug-likeness (QED) is 0.836. The van der Waals surface area contributed by atoms with Crippen LogP contribution in [0.3, 0.4) is 0 Å². The van der Waals surface area contributed by atoms with Gasteiger partial charge in [0.2, 0.25) is 0 Å². The van der Waals surface area contributed by atoms with Crippen molar-refractivity contribution in [3.8, 4) is 0 Å². The lowest BCUT2D eigenvalue weighted by Crippen LogP contribution is -2.15. The van der Waals surface area contributed by atoms with Crippen LogP contribution in [0.1, 0.15) is 27.3 Å². The van der Waals surface area contributed by atoms with Gasteiger partial charge in [-0.15, -0.1) is 0 Å². The average molecular weight is 299 g/mol. The molecule has 2 rings (SSSR count). The van der Waals surface area contributed by atoms with Gasteiger partial charge in [0.05, 0.1) is 16.9 Å². The molecule has 0 radical (unpaired) electrons. The molecule has 0 aliphatic carbocycles. The number of anilines is 1. The minimum atomic E-state index is -0.280. The van der Waals surface area contributed by atoms with Crippen molar-refractivity contribution in [1.82, 2.24) is 15.2 Å². The Balaban J connectivity index is 2.35. The fourth-order valence-electron chi connectivity index (χ4n) is 1.81. The third-order valence-corrected chi connectivity index (χ3v) is 3.20. The summed E-state index contributed by atoms with van der Waals surface area (Å²) >= 11 is 11.8. The lowest BCUT2D eigenvalue weighted by molar-refractivity contribution is 0.102. The molecule has 0 aliphatic rings. The molecule has 0 saturated carbocycles. The molecule has 1 amide bonds. The zero-order chi connectivity index (χ0) is 14.2. The number of halogens is 2. The van der Waals surface area contributed by atoms with E-state index in [9.17, 15) is 4.79 Å². The highest BCUT2D eigenvalue weighted by atomic mass is 35.5. The van der Waals surface area contributed by atoms with Gasteiger partial charge in [0.25, 0.3) is 5.91 Å². The molecule has 2 N–H and O–H groups in total. The summed E-state index contributed by atoms with van der Waals surface area (Å²) in [4.78, 5) is 16.1. The van der Waals surface area contributed by atoms with Crippen molar-refractivity contribution in [3.05, 3.63) is 38.9 Å². The van der Waals surface area contributed by atoms with Crippen molar-refractivity contribution in [2.24, 2.45) is 0 Å². The summed E-state index contributed by atoms with van der Waals surface area (Å²) in [6.07, 6.45) is 0. The number of hydrogen-bond donors (Lipinski definition) is 2. The van der Waals surface area contributed by atoms with E-state index in [-0.39, 0.29) is 16.2 Å². The summed E-state index contributed by atoms with van der Waals surface area (Å²) in [6.45, 7) is 5.33. The van der Waals surface area contributed by atoms with Gasteiger partial charge < -0.3 is 5.32 Å². The maximum Gasteiger partial charge on any atom is 0.259 e. The van der Waals surface area contributed by atoms with E-state index in [0.29, 0.717) is 22.6 Å². The molecule has 100 valence electrons. The Bertz CT molecular complexity index is 609. The van der Waals surface area contributed by atoms with Crippen LogP contribution >= 0.6 is 23.2 Å². The highest BCUT2D eigenvalue weighted by molar-refractivity contribution is 6.35. The first-order chi connectivity index (χ1) is 8.90. The molecule has 7 heteroatoms. The van der Waals surface area contributed by atoms with Crippen LogP contribution in [0.15, 0.2) is 6.07 Å². The van der Waals surface area contributed by atoms with E-state index in [1.807, 2.05) is 0 Å². The van der Waals surface area contributed by atoms with E-state index >= 15 is 0 Å². The fraction of sp³-hybridized carbons (Fsp3) is 0.250. The summed E-state index contributed by atoms with van der Waals surface area (Å²) in [5.74, 6) is -0.280. The molecule has 2 aromatic rings. The zero-order valence-corrected chi connectivity index (χ0v) is 12.1. The summed E-state index contributed by atoms with van der Waals surface area (Å²) in [7, 11) is 0. The monoisotopic (exact) mass is 298 g/mol. The summed E-state index contributed by atoms with van der Waals surface area (Å²) in [5.41, 5.74) is 3.04. The second-order valence-corrected chi connectivity index (χ2v) is 4.94. The Hall–Kier alpha value is -1.59. The van der Waals surface area contributed by atoms with Crippen LogP contribution in [-0.2, 0) is 0 Å². The lowest BCUT2D eigenvalue weighted by Gasteiger charge is -2.10. The van der Waals surface area contributed by atoms with E-state index < -0.39 is 0 Å². The molecule has 2 aromatic heterocycles. The number of aryl methyl sites for hydroxylation is 3. The Morgan fingerprint density at radius 1 is 1.32 bits per heavy atom. The number of rotatable bonds is 2. The van der Waals surface area contributed by atoms with Crippen LogP contribution in [0.2, 0.25) is 10.3 Å². The Morgan fingerprint density at radius 2 is 2.00 bits per heavy atom. The van der Waals surface area contributed by atoms with Crippen molar-refractivity contribution >= 4 is 34.8 Å². The molecule has 0 aromatic carbocycles. The number of carbonyl (C=O) groups excluding carboxylic acids is 1. The van der Waals surface area contributed by atoms with Crippen molar-refractivity contribution in [2.45, 2.75) is 20.8 Å². The van der Waals surface area contributed by atoms with Crippen molar-refractivity contribution in [1.29, 1.82) is 0 Å². The number of aromatic nitrogens is 3. The predicted octanol–water partition coefficient (Wildman–Crippen LogP) is 3.29. The zero-order valence-electron chi connectivity index (χ0n) is 10.6. The van der Waals surface area contributed by atoms with Crippen LogP contribution in [0.4, 0.5) is 5.69 Å². The Morgan fingerprint density at radius 3 is 2.53 bits per heavy atom. The van der Waals surface area contributed by atoms with E-state index in [0.717, 1.165) is 5.56 Å². The lowest BCUT2D eigenvalue weighted by atomic mass is 10.1. The molecule has 0 bridgehead atoms. The van der Waals surface area contributed by atoms with Crippen molar-refractivity contribution in [2.75, 3.05) is 5.32 Å². The van der Waals surface area contributed by atoms with Crippen LogP contribution in [0.25, 0.3) is 0 Å². The van der Waals surface area contributed by atoms with Crippen LogP contribution in [0.5, 0.6) is 0 Å². The average Bonchev–Trinajstić information content (AvgIpc) is 2.63. The Labute approximate surface area is 120 Å². The van der Waals surface area contributed by atoms with Gasteiger partial charge in [-0.1, -0.05) is 23.2 Å². The number of carbonyl (C=O) groups is 1. The minimum absolute atomic E-state index is 0.164. The van der Waals surface area contributed by atoms with Gasteiger partial charge in [0.15, 0.2) is 5.15 Å². The number of hydrogen-bond acceptors (Lipinski definition) is 3. The maximum absolute atomic E-state index is 12.2. The third-order valence-electron chi connectivity index (χ3n) is 2.73. The molecule has 0 atom stereocenters. The second-order valence-electron chi connectivity index (χ2n) is 4.19. The second kappa shape index (κ2) is 5.19. The van der Waals surface area contributed by atoms with Crippen molar-refractivity contribution in [3.63, 3.8) is 0 Å². The van der Waals surface area contributed by atoms with Gasteiger partial charge in [-0.05, 0) is 32.4 Å². The van der Waals surface area contributed by atoms with Crippen LogP contribution in [0, 0.1) is 20.8 Å². The van der Waals surface area contributed by atoms with Crippen LogP contribution < -0.4 is 5.32 Å².